The third-order valence-corrected chi connectivity index (χ3v) is 3.24. The highest BCUT2D eigenvalue weighted by Crippen LogP contribution is 2.18. The molecule has 0 aromatic carbocycles. The van der Waals surface area contributed by atoms with Crippen molar-refractivity contribution >= 4 is 5.91 Å². The first kappa shape index (κ1) is 13.5. The Morgan fingerprint density at radius 3 is 2.81 bits per heavy atom. The fraction of sp³-hybridized carbons (Fsp3) is 0.917. The zero-order valence-electron chi connectivity index (χ0n) is 10.6. The molecule has 0 spiro atoms. The number of carbonyl (C=O) groups excluding carboxylic acids is 1. The zero-order valence-corrected chi connectivity index (χ0v) is 10.6. The fourth-order valence-electron chi connectivity index (χ4n) is 2.13. The van der Waals surface area contributed by atoms with Gasteiger partial charge in [-0.05, 0) is 24.7 Å². The van der Waals surface area contributed by atoms with E-state index in [1.54, 1.807) is 7.11 Å². The zero-order chi connectivity index (χ0) is 12.1. The Morgan fingerprint density at radius 1 is 1.56 bits per heavy atom. The maximum absolute atomic E-state index is 12.0. The summed E-state index contributed by atoms with van der Waals surface area (Å²) in [6.07, 6.45) is 2.21. The van der Waals surface area contributed by atoms with Gasteiger partial charge in [0.25, 0.3) is 0 Å². The molecule has 94 valence electrons. The molecule has 2 N–H and O–H groups in total. The van der Waals surface area contributed by atoms with Crippen molar-refractivity contribution in [1.29, 1.82) is 0 Å². The quantitative estimate of drug-likeness (QED) is 0.776. The predicted octanol–water partition coefficient (Wildman–Crippen LogP) is 0.855. The monoisotopic (exact) mass is 228 g/mol. The first-order chi connectivity index (χ1) is 7.56. The van der Waals surface area contributed by atoms with E-state index in [1.807, 2.05) is 18.7 Å². The minimum Gasteiger partial charge on any atom is -0.384 e. The van der Waals surface area contributed by atoms with Gasteiger partial charge in [0, 0.05) is 20.2 Å². The van der Waals surface area contributed by atoms with E-state index < -0.39 is 0 Å². The van der Waals surface area contributed by atoms with Crippen molar-refractivity contribution in [2.24, 2.45) is 17.6 Å². The van der Waals surface area contributed by atoms with Crippen molar-refractivity contribution < 1.29 is 9.53 Å². The second-order valence-electron chi connectivity index (χ2n) is 5.02. The van der Waals surface area contributed by atoms with Crippen LogP contribution >= 0.6 is 0 Å². The molecule has 0 radical (unpaired) electrons. The topological polar surface area (TPSA) is 55.6 Å². The molecule has 1 heterocycles. The Bertz CT molecular complexity index is 229. The number of rotatable bonds is 4. The Morgan fingerprint density at radius 2 is 2.25 bits per heavy atom. The number of nitrogens with two attached hydrogens (primary N) is 1. The van der Waals surface area contributed by atoms with Gasteiger partial charge in [0.15, 0.2) is 0 Å². The van der Waals surface area contributed by atoms with Crippen LogP contribution in [0.1, 0.15) is 26.7 Å². The Kier molecular flexibility index (Phi) is 5.22. The normalized spacial score (nSPS) is 23.6. The SMILES string of the molecule is COC[C@@H]1CCCN(C(=O)[C@@H](N)C(C)C)C1. The Hall–Kier alpha value is -0.610. The van der Waals surface area contributed by atoms with Crippen molar-refractivity contribution in [3.8, 4) is 0 Å². The van der Waals surface area contributed by atoms with Gasteiger partial charge in [-0.2, -0.15) is 0 Å². The number of hydrogen-bond acceptors (Lipinski definition) is 3. The van der Waals surface area contributed by atoms with Crippen LogP contribution in [0.25, 0.3) is 0 Å². The molecule has 0 aliphatic carbocycles. The summed E-state index contributed by atoms with van der Waals surface area (Å²) >= 11 is 0. The highest BCUT2D eigenvalue weighted by atomic mass is 16.5. The average molecular weight is 228 g/mol. The van der Waals surface area contributed by atoms with Crippen LogP contribution in [0.2, 0.25) is 0 Å². The lowest BCUT2D eigenvalue weighted by molar-refractivity contribution is -0.135. The van der Waals surface area contributed by atoms with Gasteiger partial charge in [0.2, 0.25) is 5.91 Å². The maximum Gasteiger partial charge on any atom is 0.239 e. The molecular weight excluding hydrogens is 204 g/mol. The van der Waals surface area contributed by atoms with Crippen molar-refractivity contribution in [2.75, 3.05) is 26.8 Å². The van der Waals surface area contributed by atoms with Crippen LogP contribution in [0.5, 0.6) is 0 Å². The summed E-state index contributed by atoms with van der Waals surface area (Å²) in [5.41, 5.74) is 5.89. The predicted molar refractivity (Wildman–Crippen MR) is 64.0 cm³/mol. The van der Waals surface area contributed by atoms with Gasteiger partial charge in [-0.3, -0.25) is 4.79 Å². The third-order valence-electron chi connectivity index (χ3n) is 3.24. The maximum atomic E-state index is 12.0. The lowest BCUT2D eigenvalue weighted by Gasteiger charge is -2.34. The van der Waals surface area contributed by atoms with Crippen molar-refractivity contribution in [1.82, 2.24) is 4.90 Å². The molecule has 0 bridgehead atoms. The average Bonchev–Trinajstić information content (AvgIpc) is 2.28. The van der Waals surface area contributed by atoms with E-state index in [4.69, 9.17) is 10.5 Å². The summed E-state index contributed by atoms with van der Waals surface area (Å²) in [7, 11) is 1.71. The minimum absolute atomic E-state index is 0.0933. The molecule has 0 saturated carbocycles. The molecule has 1 aliphatic heterocycles. The second kappa shape index (κ2) is 6.21. The minimum atomic E-state index is -0.360. The smallest absolute Gasteiger partial charge is 0.239 e. The number of likely N-dealkylation sites (tertiary alicyclic amines) is 1. The van der Waals surface area contributed by atoms with Gasteiger partial charge in [0.1, 0.15) is 0 Å². The van der Waals surface area contributed by atoms with E-state index in [1.165, 1.54) is 0 Å². The van der Waals surface area contributed by atoms with E-state index in [2.05, 4.69) is 0 Å². The van der Waals surface area contributed by atoms with Crippen molar-refractivity contribution in [3.05, 3.63) is 0 Å². The molecule has 0 unspecified atom stereocenters. The number of nitrogens with zero attached hydrogens (tertiary/aromatic N) is 1. The summed E-state index contributed by atoms with van der Waals surface area (Å²) in [5, 5.41) is 0. The summed E-state index contributed by atoms with van der Waals surface area (Å²) < 4.78 is 5.15. The van der Waals surface area contributed by atoms with Gasteiger partial charge in [-0.15, -0.1) is 0 Å². The number of amides is 1. The fourth-order valence-corrected chi connectivity index (χ4v) is 2.13. The first-order valence-corrected chi connectivity index (χ1v) is 6.09. The standard InChI is InChI=1S/C12H24N2O2/c1-9(2)11(13)12(15)14-6-4-5-10(7-14)8-16-3/h9-11H,4-8,13H2,1-3H3/t10-,11+/m1/s1. The Balaban J connectivity index is 2.49. The molecule has 4 heteroatoms. The molecule has 0 aromatic rings. The van der Waals surface area contributed by atoms with Crippen LogP contribution in [0.4, 0.5) is 0 Å². The summed E-state index contributed by atoms with van der Waals surface area (Å²) in [6, 6.07) is -0.360. The van der Waals surface area contributed by atoms with Gasteiger partial charge >= 0.3 is 0 Å². The molecule has 16 heavy (non-hydrogen) atoms. The van der Waals surface area contributed by atoms with Crippen LogP contribution in [-0.4, -0.2) is 43.7 Å². The number of carbonyl (C=O) groups is 1. The van der Waals surface area contributed by atoms with Gasteiger partial charge in [-0.25, -0.2) is 0 Å². The number of methoxy groups -OCH3 is 1. The molecule has 1 aliphatic rings. The molecule has 1 saturated heterocycles. The van der Waals surface area contributed by atoms with Crippen LogP contribution in [-0.2, 0) is 9.53 Å². The summed E-state index contributed by atoms with van der Waals surface area (Å²) in [6.45, 7) is 6.35. The first-order valence-electron chi connectivity index (χ1n) is 6.09. The van der Waals surface area contributed by atoms with E-state index in [0.717, 1.165) is 32.5 Å². The molecule has 2 atom stereocenters. The van der Waals surface area contributed by atoms with E-state index in [9.17, 15) is 4.79 Å². The number of ether oxygens (including phenoxy) is 1. The lowest BCUT2D eigenvalue weighted by Crippen LogP contribution is -2.50. The molecule has 0 aromatic heterocycles. The molecule has 1 fully saturated rings. The van der Waals surface area contributed by atoms with Crippen molar-refractivity contribution in [3.63, 3.8) is 0 Å². The molecule has 1 amide bonds. The second-order valence-corrected chi connectivity index (χ2v) is 5.02. The van der Waals surface area contributed by atoms with E-state index in [0.29, 0.717) is 5.92 Å². The van der Waals surface area contributed by atoms with E-state index >= 15 is 0 Å². The molecule has 1 rings (SSSR count). The molecular formula is C12H24N2O2. The molecule has 4 nitrogen and oxygen atoms in total. The largest absolute Gasteiger partial charge is 0.384 e. The van der Waals surface area contributed by atoms with Crippen LogP contribution < -0.4 is 5.73 Å². The van der Waals surface area contributed by atoms with Gasteiger partial charge in [-0.1, -0.05) is 13.8 Å². The van der Waals surface area contributed by atoms with Gasteiger partial charge in [0.05, 0.1) is 12.6 Å². The van der Waals surface area contributed by atoms with Crippen molar-refractivity contribution in [2.45, 2.75) is 32.7 Å². The van der Waals surface area contributed by atoms with E-state index in [-0.39, 0.29) is 17.9 Å². The van der Waals surface area contributed by atoms with Gasteiger partial charge < -0.3 is 15.4 Å². The van der Waals surface area contributed by atoms with Crippen LogP contribution in [0.15, 0.2) is 0 Å². The highest BCUT2D eigenvalue weighted by Gasteiger charge is 2.28. The number of piperidine rings is 1. The number of hydrogen-bond donors (Lipinski definition) is 1. The van der Waals surface area contributed by atoms with Crippen LogP contribution in [0.3, 0.4) is 0 Å². The van der Waals surface area contributed by atoms with Crippen LogP contribution in [0, 0.1) is 11.8 Å². The Labute approximate surface area is 98.1 Å². The third kappa shape index (κ3) is 3.46. The lowest BCUT2D eigenvalue weighted by atomic mass is 9.96. The highest BCUT2D eigenvalue weighted by molar-refractivity contribution is 5.82. The summed E-state index contributed by atoms with van der Waals surface area (Å²) in [4.78, 5) is 14.0. The summed E-state index contributed by atoms with van der Waals surface area (Å²) in [5.74, 6) is 0.771.